The lowest BCUT2D eigenvalue weighted by Gasteiger charge is -2.22. The van der Waals surface area contributed by atoms with E-state index in [-0.39, 0.29) is 30.2 Å². The second-order valence-electron chi connectivity index (χ2n) is 6.41. The van der Waals surface area contributed by atoms with Crippen LogP contribution in [-0.2, 0) is 4.79 Å². The molecule has 1 aliphatic carbocycles. The summed E-state index contributed by atoms with van der Waals surface area (Å²) in [6.07, 6.45) is 4.06. The van der Waals surface area contributed by atoms with Crippen LogP contribution in [0.15, 0.2) is 18.2 Å². The highest BCUT2D eigenvalue weighted by atomic mass is 35.5. The Kier molecular flexibility index (Phi) is 6.36. The molecule has 0 bridgehead atoms. The second-order valence-corrected chi connectivity index (χ2v) is 6.41. The molecule has 0 aromatic heterocycles. The zero-order valence-corrected chi connectivity index (χ0v) is 13.8. The van der Waals surface area contributed by atoms with Gasteiger partial charge in [0, 0.05) is 18.5 Å². The van der Waals surface area contributed by atoms with Crippen molar-refractivity contribution in [3.05, 3.63) is 35.4 Å². The summed E-state index contributed by atoms with van der Waals surface area (Å²) >= 11 is 0. The zero-order chi connectivity index (χ0) is 15.5. The van der Waals surface area contributed by atoms with E-state index in [0.29, 0.717) is 24.4 Å². The second kappa shape index (κ2) is 8.06. The first kappa shape index (κ1) is 18.1. The van der Waals surface area contributed by atoms with E-state index in [2.05, 4.69) is 10.6 Å². The Labute approximate surface area is 141 Å². The molecule has 1 saturated heterocycles. The largest absolute Gasteiger partial charge is 0.356 e. The van der Waals surface area contributed by atoms with Crippen LogP contribution in [-0.4, -0.2) is 25.5 Å². The average Bonchev–Trinajstić information content (AvgIpc) is 3.28. The van der Waals surface area contributed by atoms with Crippen molar-refractivity contribution in [2.75, 3.05) is 19.6 Å². The molecule has 1 saturated carbocycles. The molecule has 6 heteroatoms. The van der Waals surface area contributed by atoms with Crippen molar-refractivity contribution in [2.45, 2.75) is 31.6 Å². The van der Waals surface area contributed by atoms with E-state index in [1.165, 1.54) is 25.0 Å². The molecule has 2 fully saturated rings. The summed E-state index contributed by atoms with van der Waals surface area (Å²) in [6.45, 7) is 2.80. The summed E-state index contributed by atoms with van der Waals surface area (Å²) in [5.41, 5.74) is 0.457. The molecule has 1 heterocycles. The Hall–Kier alpha value is -1.20. The molecule has 0 radical (unpaired) electrons. The predicted molar refractivity (Wildman–Crippen MR) is 87.7 cm³/mol. The van der Waals surface area contributed by atoms with Gasteiger partial charge < -0.3 is 10.6 Å². The van der Waals surface area contributed by atoms with E-state index in [1.54, 1.807) is 0 Å². The number of amides is 1. The molecule has 2 N–H and O–H groups in total. The van der Waals surface area contributed by atoms with Gasteiger partial charge in [-0.05, 0) is 62.2 Å². The smallest absolute Gasteiger partial charge is 0.223 e. The van der Waals surface area contributed by atoms with E-state index >= 15 is 0 Å². The van der Waals surface area contributed by atoms with Crippen molar-refractivity contribution in [1.29, 1.82) is 0 Å². The fourth-order valence-corrected chi connectivity index (χ4v) is 3.33. The topological polar surface area (TPSA) is 41.1 Å². The molecule has 3 unspecified atom stereocenters. The maximum atomic E-state index is 13.7. The van der Waals surface area contributed by atoms with E-state index in [4.69, 9.17) is 0 Å². The molecule has 3 rings (SSSR count). The third kappa shape index (κ3) is 4.64. The molecule has 2 aliphatic rings. The third-order valence-electron chi connectivity index (χ3n) is 4.74. The number of hydrogen-bond donors (Lipinski definition) is 2. The molecule has 0 spiro atoms. The van der Waals surface area contributed by atoms with E-state index < -0.39 is 11.6 Å². The first-order chi connectivity index (χ1) is 10.6. The lowest BCUT2D eigenvalue weighted by atomic mass is 9.96. The van der Waals surface area contributed by atoms with E-state index in [1.807, 2.05) is 0 Å². The van der Waals surface area contributed by atoms with Gasteiger partial charge in [-0.15, -0.1) is 12.4 Å². The van der Waals surface area contributed by atoms with Crippen LogP contribution < -0.4 is 10.6 Å². The van der Waals surface area contributed by atoms with Gasteiger partial charge in [0.15, 0.2) is 0 Å². The van der Waals surface area contributed by atoms with Gasteiger partial charge >= 0.3 is 0 Å². The highest BCUT2D eigenvalue weighted by Crippen LogP contribution is 2.48. The number of piperidine rings is 1. The number of halogens is 3. The van der Waals surface area contributed by atoms with E-state index in [0.717, 1.165) is 25.6 Å². The van der Waals surface area contributed by atoms with Crippen LogP contribution in [0.5, 0.6) is 0 Å². The molecular formula is C17H23ClF2N2O. The summed E-state index contributed by atoms with van der Waals surface area (Å²) in [5.74, 6) is -0.755. The number of nitrogens with one attached hydrogen (secondary N) is 2. The lowest BCUT2D eigenvalue weighted by molar-refractivity contribution is -0.122. The first-order valence-electron chi connectivity index (χ1n) is 8.08. The Morgan fingerprint density at radius 1 is 1.35 bits per heavy atom. The van der Waals surface area contributed by atoms with Crippen molar-refractivity contribution < 1.29 is 13.6 Å². The van der Waals surface area contributed by atoms with Gasteiger partial charge in [-0.25, -0.2) is 8.78 Å². The van der Waals surface area contributed by atoms with Crippen LogP contribution in [0.3, 0.4) is 0 Å². The van der Waals surface area contributed by atoms with Crippen molar-refractivity contribution in [3.63, 3.8) is 0 Å². The molecule has 1 aromatic carbocycles. The maximum Gasteiger partial charge on any atom is 0.223 e. The van der Waals surface area contributed by atoms with Crippen LogP contribution in [0, 0.1) is 23.5 Å². The van der Waals surface area contributed by atoms with Crippen molar-refractivity contribution in [1.82, 2.24) is 10.6 Å². The fraction of sp³-hybridized carbons (Fsp3) is 0.588. The molecule has 3 nitrogen and oxygen atoms in total. The summed E-state index contributed by atoms with van der Waals surface area (Å²) in [6, 6.07) is 3.59. The molecule has 1 aliphatic heterocycles. The minimum absolute atomic E-state index is 0. The van der Waals surface area contributed by atoms with Crippen molar-refractivity contribution in [2.24, 2.45) is 11.8 Å². The standard InChI is InChI=1S/C17H22F2N2O.ClH/c18-12-3-4-13(16(19)8-12)14-9-15(14)17(22)21-7-5-11-2-1-6-20-10-11;/h3-4,8,11,14-15,20H,1-2,5-7,9-10H2,(H,21,22);1H. The normalized spacial score (nSPS) is 26.3. The van der Waals surface area contributed by atoms with Gasteiger partial charge in [0.05, 0.1) is 0 Å². The van der Waals surface area contributed by atoms with Crippen LogP contribution in [0.2, 0.25) is 0 Å². The number of hydrogen-bond acceptors (Lipinski definition) is 2. The van der Waals surface area contributed by atoms with Crippen LogP contribution in [0.1, 0.15) is 37.2 Å². The number of rotatable bonds is 5. The van der Waals surface area contributed by atoms with Gasteiger partial charge in [0.25, 0.3) is 0 Å². The van der Waals surface area contributed by atoms with Gasteiger partial charge in [-0.1, -0.05) is 6.07 Å². The molecule has 23 heavy (non-hydrogen) atoms. The SMILES string of the molecule is Cl.O=C(NCCC1CCCNC1)C1CC1c1ccc(F)cc1F. The van der Waals surface area contributed by atoms with Crippen LogP contribution >= 0.6 is 12.4 Å². The fourth-order valence-electron chi connectivity index (χ4n) is 3.33. The van der Waals surface area contributed by atoms with Crippen LogP contribution in [0.25, 0.3) is 0 Å². The first-order valence-corrected chi connectivity index (χ1v) is 8.08. The van der Waals surface area contributed by atoms with E-state index in [9.17, 15) is 13.6 Å². The average molecular weight is 345 g/mol. The lowest BCUT2D eigenvalue weighted by Crippen LogP contribution is -2.33. The predicted octanol–water partition coefficient (Wildman–Crippen LogP) is 3.00. The Morgan fingerprint density at radius 3 is 2.87 bits per heavy atom. The van der Waals surface area contributed by atoms with Gasteiger partial charge in [-0.2, -0.15) is 0 Å². The number of carbonyl (C=O) groups is 1. The quantitative estimate of drug-likeness (QED) is 0.862. The number of benzene rings is 1. The third-order valence-corrected chi connectivity index (χ3v) is 4.74. The summed E-state index contributed by atoms with van der Waals surface area (Å²) < 4.78 is 26.6. The number of carbonyl (C=O) groups excluding carboxylic acids is 1. The summed E-state index contributed by atoms with van der Waals surface area (Å²) in [7, 11) is 0. The summed E-state index contributed by atoms with van der Waals surface area (Å²) in [4.78, 5) is 12.1. The molecule has 128 valence electrons. The molecular weight excluding hydrogens is 322 g/mol. The van der Waals surface area contributed by atoms with Gasteiger partial charge in [-0.3, -0.25) is 4.79 Å². The maximum absolute atomic E-state index is 13.7. The highest BCUT2D eigenvalue weighted by molar-refractivity contribution is 5.85. The Balaban J connectivity index is 0.00000192. The molecule has 3 atom stereocenters. The Morgan fingerprint density at radius 2 is 2.17 bits per heavy atom. The summed E-state index contributed by atoms with van der Waals surface area (Å²) in [5, 5.41) is 6.32. The monoisotopic (exact) mass is 344 g/mol. The van der Waals surface area contributed by atoms with Crippen molar-refractivity contribution in [3.8, 4) is 0 Å². The Bertz CT molecular complexity index is 549. The minimum atomic E-state index is -0.580. The van der Waals surface area contributed by atoms with Crippen LogP contribution in [0.4, 0.5) is 8.78 Å². The molecule has 1 amide bonds. The van der Waals surface area contributed by atoms with Gasteiger partial charge in [0.1, 0.15) is 11.6 Å². The molecule has 1 aromatic rings. The minimum Gasteiger partial charge on any atom is -0.356 e. The van der Waals surface area contributed by atoms with Crippen molar-refractivity contribution >= 4 is 18.3 Å². The highest BCUT2D eigenvalue weighted by Gasteiger charge is 2.45. The zero-order valence-electron chi connectivity index (χ0n) is 13.0. The van der Waals surface area contributed by atoms with Gasteiger partial charge in [0.2, 0.25) is 5.91 Å².